The van der Waals surface area contributed by atoms with Crippen molar-refractivity contribution < 1.29 is 9.18 Å². The number of nitrogens with zero attached hydrogens (tertiary/aromatic N) is 1. The fourth-order valence-corrected chi connectivity index (χ4v) is 2.62. The SMILES string of the molecule is Cc1cccc(CNC(=O)c2cc3ccc(F)cc3n2C)c1. The third kappa shape index (κ3) is 2.72. The van der Waals surface area contributed by atoms with Gasteiger partial charge in [-0.1, -0.05) is 29.8 Å². The largest absolute Gasteiger partial charge is 0.347 e. The molecule has 0 bridgehead atoms. The molecule has 0 saturated heterocycles. The molecular weight excluding hydrogens is 279 g/mol. The molecule has 112 valence electrons. The zero-order valence-corrected chi connectivity index (χ0v) is 12.6. The number of aromatic nitrogens is 1. The third-order valence-electron chi connectivity index (χ3n) is 3.78. The molecular formula is C18H17FN2O. The van der Waals surface area contributed by atoms with Crippen LogP contribution in [0.4, 0.5) is 4.39 Å². The van der Waals surface area contributed by atoms with E-state index in [0.717, 1.165) is 16.5 Å². The lowest BCUT2D eigenvalue weighted by atomic mass is 10.1. The molecule has 1 heterocycles. The number of benzene rings is 2. The monoisotopic (exact) mass is 296 g/mol. The molecule has 2 aromatic carbocycles. The number of amides is 1. The lowest BCUT2D eigenvalue weighted by Crippen LogP contribution is -2.24. The molecule has 0 atom stereocenters. The molecule has 0 fully saturated rings. The van der Waals surface area contributed by atoms with Crippen molar-refractivity contribution in [1.82, 2.24) is 9.88 Å². The number of aryl methyl sites for hydroxylation is 2. The van der Waals surface area contributed by atoms with E-state index in [2.05, 4.69) is 5.32 Å². The highest BCUT2D eigenvalue weighted by Gasteiger charge is 2.13. The molecule has 0 unspecified atom stereocenters. The molecule has 0 spiro atoms. The summed E-state index contributed by atoms with van der Waals surface area (Å²) in [5, 5.41) is 3.76. The van der Waals surface area contributed by atoms with Gasteiger partial charge in [-0.05, 0) is 36.8 Å². The molecule has 0 radical (unpaired) electrons. The first-order valence-electron chi connectivity index (χ1n) is 7.13. The molecule has 22 heavy (non-hydrogen) atoms. The summed E-state index contributed by atoms with van der Waals surface area (Å²) in [4.78, 5) is 12.4. The van der Waals surface area contributed by atoms with Gasteiger partial charge < -0.3 is 9.88 Å². The smallest absolute Gasteiger partial charge is 0.268 e. The van der Waals surface area contributed by atoms with Crippen LogP contribution in [-0.2, 0) is 13.6 Å². The van der Waals surface area contributed by atoms with Crippen molar-refractivity contribution in [2.75, 3.05) is 0 Å². The van der Waals surface area contributed by atoms with Gasteiger partial charge in [-0.3, -0.25) is 4.79 Å². The van der Waals surface area contributed by atoms with Gasteiger partial charge >= 0.3 is 0 Å². The summed E-state index contributed by atoms with van der Waals surface area (Å²) >= 11 is 0. The number of halogens is 1. The van der Waals surface area contributed by atoms with Crippen molar-refractivity contribution in [3.63, 3.8) is 0 Å². The Kier molecular flexibility index (Phi) is 3.67. The van der Waals surface area contributed by atoms with Crippen molar-refractivity contribution in [1.29, 1.82) is 0 Å². The van der Waals surface area contributed by atoms with E-state index in [1.807, 2.05) is 31.2 Å². The average molecular weight is 296 g/mol. The Labute approximate surface area is 128 Å². The van der Waals surface area contributed by atoms with Crippen molar-refractivity contribution in [2.45, 2.75) is 13.5 Å². The maximum absolute atomic E-state index is 13.3. The quantitative estimate of drug-likeness (QED) is 0.788. The van der Waals surface area contributed by atoms with E-state index in [9.17, 15) is 9.18 Å². The van der Waals surface area contributed by atoms with Crippen molar-refractivity contribution in [2.24, 2.45) is 7.05 Å². The predicted molar refractivity (Wildman–Crippen MR) is 85.2 cm³/mol. The maximum Gasteiger partial charge on any atom is 0.268 e. The Morgan fingerprint density at radius 2 is 2.00 bits per heavy atom. The highest BCUT2D eigenvalue weighted by molar-refractivity contribution is 5.98. The molecule has 0 aliphatic rings. The fourth-order valence-electron chi connectivity index (χ4n) is 2.62. The van der Waals surface area contributed by atoms with E-state index >= 15 is 0 Å². The number of carbonyl (C=O) groups excluding carboxylic acids is 1. The second kappa shape index (κ2) is 5.64. The summed E-state index contributed by atoms with van der Waals surface area (Å²) in [6, 6.07) is 14.3. The summed E-state index contributed by atoms with van der Waals surface area (Å²) in [7, 11) is 1.77. The minimum atomic E-state index is -0.305. The van der Waals surface area contributed by atoms with Crippen molar-refractivity contribution in [3.8, 4) is 0 Å². The molecule has 1 amide bonds. The Morgan fingerprint density at radius 1 is 1.18 bits per heavy atom. The predicted octanol–water partition coefficient (Wildman–Crippen LogP) is 3.56. The average Bonchev–Trinajstić information content (AvgIpc) is 2.82. The Morgan fingerprint density at radius 3 is 2.77 bits per heavy atom. The number of carbonyl (C=O) groups is 1. The van der Waals surface area contributed by atoms with Crippen LogP contribution in [0.15, 0.2) is 48.5 Å². The number of rotatable bonds is 3. The van der Waals surface area contributed by atoms with Crippen LogP contribution in [0, 0.1) is 12.7 Å². The molecule has 0 aliphatic carbocycles. The Balaban J connectivity index is 1.82. The molecule has 3 aromatic rings. The van der Waals surface area contributed by atoms with Gasteiger partial charge in [0.2, 0.25) is 0 Å². The summed E-state index contributed by atoms with van der Waals surface area (Å²) in [5.41, 5.74) is 3.44. The van der Waals surface area contributed by atoms with E-state index in [1.165, 1.54) is 12.1 Å². The molecule has 3 rings (SSSR count). The third-order valence-corrected chi connectivity index (χ3v) is 3.78. The van der Waals surface area contributed by atoms with Crippen LogP contribution in [0.1, 0.15) is 21.6 Å². The zero-order chi connectivity index (χ0) is 15.7. The minimum Gasteiger partial charge on any atom is -0.347 e. The standard InChI is InChI=1S/C18H17FN2O/c1-12-4-3-5-13(8-12)11-20-18(22)17-9-14-6-7-15(19)10-16(14)21(17)2/h3-10H,11H2,1-2H3,(H,20,22). The lowest BCUT2D eigenvalue weighted by Gasteiger charge is -2.07. The number of nitrogens with one attached hydrogen (secondary N) is 1. The van der Waals surface area contributed by atoms with E-state index in [1.54, 1.807) is 23.7 Å². The van der Waals surface area contributed by atoms with Gasteiger partial charge in [-0.15, -0.1) is 0 Å². The second-order valence-corrected chi connectivity index (χ2v) is 5.46. The maximum atomic E-state index is 13.3. The minimum absolute atomic E-state index is 0.166. The Hall–Kier alpha value is -2.62. The molecule has 3 nitrogen and oxygen atoms in total. The molecule has 1 aromatic heterocycles. The number of fused-ring (bicyclic) bond motifs is 1. The number of hydrogen-bond donors (Lipinski definition) is 1. The zero-order valence-electron chi connectivity index (χ0n) is 12.6. The van der Waals surface area contributed by atoms with Crippen molar-refractivity contribution >= 4 is 16.8 Å². The van der Waals surface area contributed by atoms with Crippen LogP contribution in [0.2, 0.25) is 0 Å². The van der Waals surface area contributed by atoms with Gasteiger partial charge in [0, 0.05) is 19.0 Å². The highest BCUT2D eigenvalue weighted by Crippen LogP contribution is 2.20. The van der Waals surface area contributed by atoms with Gasteiger partial charge in [0.1, 0.15) is 11.5 Å². The van der Waals surface area contributed by atoms with Gasteiger partial charge in [0.05, 0.1) is 5.52 Å². The molecule has 4 heteroatoms. The van der Waals surface area contributed by atoms with Crippen LogP contribution in [0.25, 0.3) is 10.9 Å². The first-order valence-corrected chi connectivity index (χ1v) is 7.13. The summed E-state index contributed by atoms with van der Waals surface area (Å²) in [6.45, 7) is 2.49. The first-order chi connectivity index (χ1) is 10.5. The van der Waals surface area contributed by atoms with Crippen LogP contribution >= 0.6 is 0 Å². The van der Waals surface area contributed by atoms with Gasteiger partial charge in [-0.2, -0.15) is 0 Å². The van der Waals surface area contributed by atoms with Gasteiger partial charge in [0.15, 0.2) is 0 Å². The fraction of sp³-hybridized carbons (Fsp3) is 0.167. The van der Waals surface area contributed by atoms with Crippen LogP contribution in [-0.4, -0.2) is 10.5 Å². The van der Waals surface area contributed by atoms with E-state index in [-0.39, 0.29) is 11.7 Å². The first kappa shape index (κ1) is 14.3. The lowest BCUT2D eigenvalue weighted by molar-refractivity contribution is 0.0943. The molecule has 0 aliphatic heterocycles. The molecule has 1 N–H and O–H groups in total. The van der Waals surface area contributed by atoms with Crippen molar-refractivity contribution in [3.05, 3.63) is 71.2 Å². The normalized spacial score (nSPS) is 10.9. The second-order valence-electron chi connectivity index (χ2n) is 5.46. The van der Waals surface area contributed by atoms with Gasteiger partial charge in [0.25, 0.3) is 5.91 Å². The summed E-state index contributed by atoms with van der Waals surface area (Å²) in [5.74, 6) is -0.471. The van der Waals surface area contributed by atoms with E-state index in [0.29, 0.717) is 17.8 Å². The van der Waals surface area contributed by atoms with Crippen LogP contribution in [0.3, 0.4) is 0 Å². The van der Waals surface area contributed by atoms with Crippen LogP contribution < -0.4 is 5.32 Å². The van der Waals surface area contributed by atoms with E-state index < -0.39 is 0 Å². The Bertz CT molecular complexity index is 851. The summed E-state index contributed by atoms with van der Waals surface area (Å²) < 4.78 is 15.0. The van der Waals surface area contributed by atoms with Gasteiger partial charge in [-0.25, -0.2) is 4.39 Å². The topological polar surface area (TPSA) is 34.0 Å². The highest BCUT2D eigenvalue weighted by atomic mass is 19.1. The molecule has 0 saturated carbocycles. The summed E-state index contributed by atoms with van der Waals surface area (Å²) in [6.07, 6.45) is 0. The van der Waals surface area contributed by atoms with Crippen LogP contribution in [0.5, 0.6) is 0 Å². The number of hydrogen-bond acceptors (Lipinski definition) is 1. The van der Waals surface area contributed by atoms with E-state index in [4.69, 9.17) is 0 Å².